The van der Waals surface area contributed by atoms with Crippen LogP contribution in [0.25, 0.3) is 0 Å². The lowest BCUT2D eigenvalue weighted by molar-refractivity contribution is 0.0570. The zero-order valence-electron chi connectivity index (χ0n) is 17.1. The molecule has 1 atom stereocenters. The summed E-state index contributed by atoms with van der Waals surface area (Å²) < 4.78 is 5.92. The average Bonchev–Trinajstić information content (AvgIpc) is 3.39. The number of aryl methyl sites for hydroxylation is 1. The molecular weight excluding hydrogens is 366 g/mol. The Kier molecular flexibility index (Phi) is 7.13. The van der Waals surface area contributed by atoms with Gasteiger partial charge in [0, 0.05) is 37.8 Å². The summed E-state index contributed by atoms with van der Waals surface area (Å²) >= 11 is 1.77. The number of nitrogens with zero attached hydrogens (tertiary/aromatic N) is 3. The Morgan fingerprint density at radius 2 is 2.04 bits per heavy atom. The standard InChI is InChI=1S/C23H33N3OS/c1-19-5-2-3-6-21(19)16-25-11-8-20(9-12-25)15-26(17-22-7-4-13-27-22)18-23-24-10-14-28-23/h2-3,5-6,10,14,20,22H,4,7-9,11-13,15-18H2,1H3/t22-/m1/s1. The molecule has 2 aliphatic rings. The van der Waals surface area contributed by atoms with Crippen LogP contribution in [0.3, 0.4) is 0 Å². The van der Waals surface area contributed by atoms with Crippen molar-refractivity contribution >= 4 is 11.3 Å². The minimum absolute atomic E-state index is 0.418. The minimum Gasteiger partial charge on any atom is -0.377 e. The highest BCUT2D eigenvalue weighted by Gasteiger charge is 2.25. The van der Waals surface area contributed by atoms with Crippen LogP contribution in [-0.2, 0) is 17.8 Å². The molecule has 3 heterocycles. The normalized spacial score (nSPS) is 21.6. The van der Waals surface area contributed by atoms with Gasteiger partial charge in [0.15, 0.2) is 0 Å². The van der Waals surface area contributed by atoms with Gasteiger partial charge in [0.05, 0.1) is 12.6 Å². The third-order valence-corrected chi connectivity index (χ3v) is 6.97. The highest BCUT2D eigenvalue weighted by Crippen LogP contribution is 2.23. The first-order valence-corrected chi connectivity index (χ1v) is 11.6. The Balaban J connectivity index is 1.28. The third-order valence-electron chi connectivity index (χ3n) is 6.21. The highest BCUT2D eigenvalue weighted by molar-refractivity contribution is 7.09. The number of hydrogen-bond donors (Lipinski definition) is 0. The second-order valence-electron chi connectivity index (χ2n) is 8.40. The highest BCUT2D eigenvalue weighted by atomic mass is 32.1. The summed E-state index contributed by atoms with van der Waals surface area (Å²) in [6.07, 6.45) is 7.36. The SMILES string of the molecule is Cc1ccccc1CN1CCC(CN(Cc2nccs2)C[C@H]2CCCO2)CC1. The maximum absolute atomic E-state index is 5.92. The summed E-state index contributed by atoms with van der Waals surface area (Å²) in [4.78, 5) is 9.76. The number of piperidine rings is 1. The number of benzene rings is 1. The lowest BCUT2D eigenvalue weighted by Gasteiger charge is -2.35. The monoisotopic (exact) mass is 399 g/mol. The van der Waals surface area contributed by atoms with E-state index in [1.54, 1.807) is 11.3 Å². The molecule has 0 spiro atoms. The smallest absolute Gasteiger partial charge is 0.107 e. The molecule has 2 fully saturated rings. The van der Waals surface area contributed by atoms with Crippen LogP contribution in [0.4, 0.5) is 0 Å². The van der Waals surface area contributed by atoms with Crippen molar-refractivity contribution in [2.45, 2.75) is 51.8 Å². The fraction of sp³-hybridized carbons (Fsp3) is 0.609. The molecule has 0 amide bonds. The summed E-state index contributed by atoms with van der Waals surface area (Å²) in [6, 6.07) is 8.80. The first kappa shape index (κ1) is 20.0. The van der Waals surface area contributed by atoms with Gasteiger partial charge in [-0.2, -0.15) is 0 Å². The molecule has 1 aromatic heterocycles. The summed E-state index contributed by atoms with van der Waals surface area (Å²) in [6.45, 7) is 9.89. The molecule has 2 aromatic rings. The van der Waals surface area contributed by atoms with Gasteiger partial charge in [-0.25, -0.2) is 4.98 Å². The van der Waals surface area contributed by atoms with Gasteiger partial charge in [0.25, 0.3) is 0 Å². The third kappa shape index (κ3) is 5.63. The molecule has 0 radical (unpaired) electrons. The van der Waals surface area contributed by atoms with Crippen LogP contribution < -0.4 is 0 Å². The second-order valence-corrected chi connectivity index (χ2v) is 9.38. The molecule has 5 heteroatoms. The van der Waals surface area contributed by atoms with E-state index >= 15 is 0 Å². The summed E-state index contributed by atoms with van der Waals surface area (Å²) in [5.41, 5.74) is 2.89. The van der Waals surface area contributed by atoms with Gasteiger partial charge in [-0.05, 0) is 62.7 Å². The Morgan fingerprint density at radius 3 is 2.75 bits per heavy atom. The number of thiazole rings is 1. The molecule has 2 saturated heterocycles. The van der Waals surface area contributed by atoms with Gasteiger partial charge in [-0.3, -0.25) is 9.80 Å². The van der Waals surface area contributed by atoms with E-state index in [9.17, 15) is 0 Å². The number of aromatic nitrogens is 1. The maximum atomic E-state index is 5.92. The number of rotatable bonds is 8. The molecule has 0 aliphatic carbocycles. The molecule has 28 heavy (non-hydrogen) atoms. The van der Waals surface area contributed by atoms with Crippen molar-refractivity contribution in [3.05, 3.63) is 52.0 Å². The largest absolute Gasteiger partial charge is 0.377 e. The Morgan fingerprint density at radius 1 is 1.18 bits per heavy atom. The van der Waals surface area contributed by atoms with Crippen LogP contribution >= 0.6 is 11.3 Å². The quantitative estimate of drug-likeness (QED) is 0.660. The first-order valence-electron chi connectivity index (χ1n) is 10.8. The summed E-state index contributed by atoms with van der Waals surface area (Å²) in [5, 5.41) is 3.32. The van der Waals surface area contributed by atoms with E-state index in [-0.39, 0.29) is 0 Å². The number of ether oxygens (including phenoxy) is 1. The fourth-order valence-corrected chi connectivity index (χ4v) is 5.18. The molecule has 4 nitrogen and oxygen atoms in total. The lowest BCUT2D eigenvalue weighted by atomic mass is 9.95. The van der Waals surface area contributed by atoms with Crippen molar-refractivity contribution in [2.24, 2.45) is 5.92 Å². The molecule has 0 unspecified atom stereocenters. The van der Waals surface area contributed by atoms with Crippen LogP contribution in [0.2, 0.25) is 0 Å². The minimum atomic E-state index is 0.418. The molecule has 152 valence electrons. The van der Waals surface area contributed by atoms with Gasteiger partial charge in [-0.1, -0.05) is 24.3 Å². The van der Waals surface area contributed by atoms with Crippen molar-refractivity contribution in [2.75, 3.05) is 32.8 Å². The van der Waals surface area contributed by atoms with Crippen molar-refractivity contribution in [1.29, 1.82) is 0 Å². The Labute approximate surface area is 173 Å². The molecule has 1 aromatic carbocycles. The molecule has 0 bridgehead atoms. The van der Waals surface area contributed by atoms with Gasteiger partial charge in [-0.15, -0.1) is 11.3 Å². The van der Waals surface area contributed by atoms with Crippen LogP contribution in [0.15, 0.2) is 35.8 Å². The van der Waals surface area contributed by atoms with E-state index in [0.717, 1.165) is 32.2 Å². The van der Waals surface area contributed by atoms with Crippen molar-refractivity contribution in [1.82, 2.24) is 14.8 Å². The van der Waals surface area contributed by atoms with Crippen molar-refractivity contribution in [3.63, 3.8) is 0 Å². The molecule has 0 N–H and O–H groups in total. The van der Waals surface area contributed by atoms with Gasteiger partial charge in [0.1, 0.15) is 5.01 Å². The van der Waals surface area contributed by atoms with Crippen molar-refractivity contribution < 1.29 is 4.74 Å². The topological polar surface area (TPSA) is 28.6 Å². The zero-order valence-corrected chi connectivity index (χ0v) is 17.9. The van der Waals surface area contributed by atoms with E-state index in [0.29, 0.717) is 6.10 Å². The van der Waals surface area contributed by atoms with E-state index in [2.05, 4.69) is 51.4 Å². The van der Waals surface area contributed by atoms with Crippen LogP contribution in [0, 0.1) is 12.8 Å². The van der Waals surface area contributed by atoms with Crippen LogP contribution in [0.5, 0.6) is 0 Å². The molecular formula is C23H33N3OS. The molecule has 0 saturated carbocycles. The van der Waals surface area contributed by atoms with Crippen molar-refractivity contribution in [3.8, 4) is 0 Å². The average molecular weight is 400 g/mol. The first-order chi connectivity index (χ1) is 13.8. The summed E-state index contributed by atoms with van der Waals surface area (Å²) in [7, 11) is 0. The van der Waals surface area contributed by atoms with Crippen LogP contribution in [-0.4, -0.2) is 53.7 Å². The summed E-state index contributed by atoms with van der Waals surface area (Å²) in [5.74, 6) is 0.787. The Bertz CT molecular complexity index is 706. The number of hydrogen-bond acceptors (Lipinski definition) is 5. The molecule has 2 aliphatic heterocycles. The predicted octanol–water partition coefficient (Wildman–Crippen LogP) is 4.34. The molecule has 4 rings (SSSR count). The Hall–Kier alpha value is -1.27. The van der Waals surface area contributed by atoms with E-state index in [1.807, 2.05) is 6.20 Å². The van der Waals surface area contributed by atoms with Gasteiger partial charge < -0.3 is 4.74 Å². The zero-order chi connectivity index (χ0) is 19.2. The van der Waals surface area contributed by atoms with E-state index in [4.69, 9.17) is 4.74 Å². The van der Waals surface area contributed by atoms with E-state index in [1.165, 1.54) is 61.5 Å². The lowest BCUT2D eigenvalue weighted by Crippen LogP contribution is -2.40. The van der Waals surface area contributed by atoms with E-state index < -0.39 is 0 Å². The van der Waals surface area contributed by atoms with Gasteiger partial charge >= 0.3 is 0 Å². The second kappa shape index (κ2) is 9.97. The van der Waals surface area contributed by atoms with Gasteiger partial charge in [0.2, 0.25) is 0 Å². The maximum Gasteiger partial charge on any atom is 0.107 e. The predicted molar refractivity (Wildman–Crippen MR) is 116 cm³/mol. The number of likely N-dealkylation sites (tertiary alicyclic amines) is 1. The fourth-order valence-electron chi connectivity index (χ4n) is 4.52. The van der Waals surface area contributed by atoms with Crippen LogP contribution in [0.1, 0.15) is 41.8 Å².